The highest BCUT2D eigenvalue weighted by Crippen LogP contribution is 2.22. The summed E-state index contributed by atoms with van der Waals surface area (Å²) in [7, 11) is 3.30. The summed E-state index contributed by atoms with van der Waals surface area (Å²) in [6.07, 6.45) is 0.796. The third-order valence-corrected chi connectivity index (χ3v) is 3.97. The molecule has 0 fully saturated rings. The fraction of sp³-hybridized carbons (Fsp3) is 0.278. The molecule has 0 spiro atoms. The van der Waals surface area contributed by atoms with Gasteiger partial charge in [0, 0.05) is 30.7 Å². The van der Waals surface area contributed by atoms with Crippen LogP contribution in [0.15, 0.2) is 47.5 Å². The number of nitrogens with one attached hydrogen (secondary N) is 2. The minimum absolute atomic E-state index is 0.217. The van der Waals surface area contributed by atoms with Crippen LogP contribution in [0.5, 0.6) is 11.5 Å². The average molecular weight is 348 g/mol. The molecular weight excluding hydrogens is 326 g/mol. The Morgan fingerprint density at radius 3 is 2.67 bits per heavy atom. The number of methoxy groups -OCH3 is 1. The van der Waals surface area contributed by atoms with Crippen LogP contribution in [-0.2, 0) is 13.0 Å². The monoisotopic (exact) mass is 347 g/mol. The SMILES string of the molecule is CN=C(NCCc1ccccc1Cl)NCc1cc(OC)ccc1O. The first-order valence-corrected chi connectivity index (χ1v) is 8.05. The van der Waals surface area contributed by atoms with Crippen LogP contribution in [0.2, 0.25) is 5.02 Å². The Kier molecular flexibility index (Phi) is 6.75. The van der Waals surface area contributed by atoms with E-state index >= 15 is 0 Å². The zero-order valence-electron chi connectivity index (χ0n) is 13.8. The number of guanidine groups is 1. The number of aliphatic imine (C=N–C) groups is 1. The number of phenols is 1. The van der Waals surface area contributed by atoms with Crippen LogP contribution in [0, 0.1) is 0 Å². The van der Waals surface area contributed by atoms with Crippen molar-refractivity contribution in [1.29, 1.82) is 0 Å². The lowest BCUT2D eigenvalue weighted by atomic mass is 10.1. The van der Waals surface area contributed by atoms with E-state index < -0.39 is 0 Å². The van der Waals surface area contributed by atoms with Gasteiger partial charge in [-0.15, -0.1) is 0 Å². The minimum atomic E-state index is 0.217. The van der Waals surface area contributed by atoms with Crippen molar-refractivity contribution in [3.8, 4) is 11.5 Å². The molecule has 6 heteroatoms. The Bertz CT molecular complexity index is 704. The summed E-state index contributed by atoms with van der Waals surface area (Å²) < 4.78 is 5.17. The molecular formula is C18H22ClN3O2. The Labute approximate surface area is 147 Å². The number of hydrogen-bond donors (Lipinski definition) is 3. The van der Waals surface area contributed by atoms with Crippen molar-refractivity contribution in [3.05, 3.63) is 58.6 Å². The van der Waals surface area contributed by atoms with E-state index in [2.05, 4.69) is 15.6 Å². The van der Waals surface area contributed by atoms with Gasteiger partial charge in [-0.05, 0) is 36.2 Å². The second-order valence-electron chi connectivity index (χ2n) is 5.19. The molecule has 0 aliphatic heterocycles. The molecule has 0 aliphatic carbocycles. The Balaban J connectivity index is 1.86. The molecule has 0 bridgehead atoms. The topological polar surface area (TPSA) is 65.9 Å². The molecule has 0 saturated carbocycles. The summed E-state index contributed by atoms with van der Waals surface area (Å²) in [4.78, 5) is 4.18. The second kappa shape index (κ2) is 9.03. The molecule has 3 N–H and O–H groups in total. The van der Waals surface area contributed by atoms with E-state index in [4.69, 9.17) is 16.3 Å². The summed E-state index contributed by atoms with van der Waals surface area (Å²) in [5.41, 5.74) is 1.83. The van der Waals surface area contributed by atoms with Gasteiger partial charge < -0.3 is 20.5 Å². The summed E-state index contributed by atoms with van der Waals surface area (Å²) in [5, 5.41) is 17.1. The lowest BCUT2D eigenvalue weighted by molar-refractivity contribution is 0.410. The van der Waals surface area contributed by atoms with Gasteiger partial charge in [0.2, 0.25) is 0 Å². The average Bonchev–Trinajstić information content (AvgIpc) is 2.60. The van der Waals surface area contributed by atoms with E-state index in [1.165, 1.54) is 0 Å². The van der Waals surface area contributed by atoms with Gasteiger partial charge in [-0.2, -0.15) is 0 Å². The number of halogens is 1. The van der Waals surface area contributed by atoms with Crippen LogP contribution in [-0.4, -0.2) is 31.8 Å². The smallest absolute Gasteiger partial charge is 0.191 e. The maximum absolute atomic E-state index is 9.90. The summed E-state index contributed by atoms with van der Waals surface area (Å²) in [6.45, 7) is 1.14. The first-order valence-electron chi connectivity index (χ1n) is 7.68. The molecule has 2 aromatic carbocycles. The molecule has 0 unspecified atom stereocenters. The van der Waals surface area contributed by atoms with Crippen LogP contribution >= 0.6 is 11.6 Å². The van der Waals surface area contributed by atoms with Gasteiger partial charge in [0.1, 0.15) is 11.5 Å². The van der Waals surface area contributed by atoms with E-state index in [9.17, 15) is 5.11 Å². The lowest BCUT2D eigenvalue weighted by Gasteiger charge is -2.13. The molecule has 2 aromatic rings. The zero-order chi connectivity index (χ0) is 17.4. The van der Waals surface area contributed by atoms with Gasteiger partial charge in [-0.3, -0.25) is 4.99 Å². The van der Waals surface area contributed by atoms with Crippen molar-refractivity contribution in [2.24, 2.45) is 4.99 Å². The molecule has 0 radical (unpaired) electrons. The molecule has 0 aliphatic rings. The van der Waals surface area contributed by atoms with E-state index in [-0.39, 0.29) is 5.75 Å². The molecule has 5 nitrogen and oxygen atoms in total. The number of phenolic OH excluding ortho intramolecular Hbond substituents is 1. The second-order valence-corrected chi connectivity index (χ2v) is 5.60. The zero-order valence-corrected chi connectivity index (χ0v) is 14.6. The van der Waals surface area contributed by atoms with Crippen molar-refractivity contribution in [1.82, 2.24) is 10.6 Å². The quantitative estimate of drug-likeness (QED) is 0.555. The summed E-state index contributed by atoms with van der Waals surface area (Å²) >= 11 is 6.15. The van der Waals surface area contributed by atoms with Crippen LogP contribution in [0.3, 0.4) is 0 Å². The maximum atomic E-state index is 9.90. The number of hydrogen-bond acceptors (Lipinski definition) is 3. The molecule has 0 heterocycles. The molecule has 0 aromatic heterocycles. The highest BCUT2D eigenvalue weighted by molar-refractivity contribution is 6.31. The summed E-state index contributed by atoms with van der Waals surface area (Å²) in [5.74, 6) is 1.57. The first kappa shape index (κ1) is 17.9. The van der Waals surface area contributed by atoms with E-state index in [1.807, 2.05) is 24.3 Å². The molecule has 24 heavy (non-hydrogen) atoms. The van der Waals surface area contributed by atoms with E-state index in [0.717, 1.165) is 22.6 Å². The lowest BCUT2D eigenvalue weighted by Crippen LogP contribution is -2.37. The van der Waals surface area contributed by atoms with E-state index in [0.29, 0.717) is 24.8 Å². The maximum Gasteiger partial charge on any atom is 0.191 e. The minimum Gasteiger partial charge on any atom is -0.508 e. The number of aromatic hydroxyl groups is 1. The third kappa shape index (κ3) is 5.06. The van der Waals surface area contributed by atoms with Crippen molar-refractivity contribution >= 4 is 17.6 Å². The number of ether oxygens (including phenoxy) is 1. The summed E-state index contributed by atoms with van der Waals surface area (Å²) in [6, 6.07) is 12.9. The predicted octanol–water partition coefficient (Wildman–Crippen LogP) is 2.96. The van der Waals surface area contributed by atoms with Crippen LogP contribution in [0.25, 0.3) is 0 Å². The molecule has 2 rings (SSSR count). The highest BCUT2D eigenvalue weighted by Gasteiger charge is 2.05. The fourth-order valence-electron chi connectivity index (χ4n) is 2.25. The van der Waals surface area contributed by atoms with Gasteiger partial charge in [-0.1, -0.05) is 29.8 Å². The first-order chi connectivity index (χ1) is 11.6. The van der Waals surface area contributed by atoms with Crippen LogP contribution in [0.4, 0.5) is 0 Å². The van der Waals surface area contributed by atoms with E-state index in [1.54, 1.807) is 32.4 Å². The Morgan fingerprint density at radius 2 is 1.96 bits per heavy atom. The normalized spacial score (nSPS) is 11.2. The van der Waals surface area contributed by atoms with Crippen molar-refractivity contribution in [3.63, 3.8) is 0 Å². The number of benzene rings is 2. The predicted molar refractivity (Wildman–Crippen MR) is 98.0 cm³/mol. The number of nitrogens with zero attached hydrogens (tertiary/aromatic N) is 1. The third-order valence-electron chi connectivity index (χ3n) is 3.60. The van der Waals surface area contributed by atoms with Crippen molar-refractivity contribution < 1.29 is 9.84 Å². The van der Waals surface area contributed by atoms with Gasteiger partial charge >= 0.3 is 0 Å². The van der Waals surface area contributed by atoms with Gasteiger partial charge in [0.05, 0.1) is 7.11 Å². The largest absolute Gasteiger partial charge is 0.508 e. The van der Waals surface area contributed by atoms with Crippen LogP contribution in [0.1, 0.15) is 11.1 Å². The Hall–Kier alpha value is -2.40. The van der Waals surface area contributed by atoms with Gasteiger partial charge in [-0.25, -0.2) is 0 Å². The fourth-order valence-corrected chi connectivity index (χ4v) is 2.48. The van der Waals surface area contributed by atoms with Gasteiger partial charge in [0.25, 0.3) is 0 Å². The van der Waals surface area contributed by atoms with Gasteiger partial charge in [0.15, 0.2) is 5.96 Å². The Morgan fingerprint density at radius 1 is 1.17 bits per heavy atom. The van der Waals surface area contributed by atoms with Crippen molar-refractivity contribution in [2.75, 3.05) is 20.7 Å². The standard InChI is InChI=1S/C18H22ClN3O2/c1-20-18(21-10-9-13-5-3-4-6-16(13)19)22-12-14-11-15(24-2)7-8-17(14)23/h3-8,11,23H,9-10,12H2,1-2H3,(H2,20,21,22). The molecule has 0 amide bonds. The molecule has 128 valence electrons. The van der Waals surface area contributed by atoms with Crippen LogP contribution < -0.4 is 15.4 Å². The number of rotatable bonds is 6. The molecule has 0 atom stereocenters. The van der Waals surface area contributed by atoms with Crippen molar-refractivity contribution in [2.45, 2.75) is 13.0 Å². The molecule has 0 saturated heterocycles. The highest BCUT2D eigenvalue weighted by atomic mass is 35.5.